The molecule has 0 radical (unpaired) electrons. The number of nitrogens with zero attached hydrogens (tertiary/aromatic N) is 1. The van der Waals surface area contributed by atoms with Gasteiger partial charge in [-0.3, -0.25) is 14.5 Å². The average molecular weight is 466 g/mol. The maximum atomic E-state index is 13.2. The molecule has 0 spiro atoms. The zero-order chi connectivity index (χ0) is 22.7. The molecular formula is C24H20ClN3O3S. The van der Waals surface area contributed by atoms with E-state index in [-0.39, 0.29) is 22.2 Å². The third-order valence-corrected chi connectivity index (χ3v) is 6.67. The third-order valence-electron chi connectivity index (χ3n) is 5.02. The van der Waals surface area contributed by atoms with Gasteiger partial charge in [-0.25, -0.2) is 8.42 Å². The van der Waals surface area contributed by atoms with Crippen molar-refractivity contribution in [2.75, 3.05) is 4.72 Å². The Labute approximate surface area is 191 Å². The van der Waals surface area contributed by atoms with Gasteiger partial charge in [0, 0.05) is 16.6 Å². The van der Waals surface area contributed by atoms with Crippen molar-refractivity contribution in [3.05, 3.63) is 101 Å². The van der Waals surface area contributed by atoms with E-state index >= 15 is 0 Å². The minimum absolute atomic E-state index is 0.0420. The number of carbonyl (C=O) groups is 1. The second-order valence-corrected chi connectivity index (χ2v) is 9.32. The van der Waals surface area contributed by atoms with Crippen molar-refractivity contribution in [1.29, 1.82) is 0 Å². The highest BCUT2D eigenvalue weighted by atomic mass is 35.5. The maximum Gasteiger partial charge on any atom is 0.264 e. The molecule has 0 aliphatic heterocycles. The second kappa shape index (κ2) is 8.98. The quantitative estimate of drug-likeness (QED) is 0.410. The second-order valence-electron chi connectivity index (χ2n) is 7.23. The van der Waals surface area contributed by atoms with E-state index in [2.05, 4.69) is 15.0 Å². The van der Waals surface area contributed by atoms with Crippen molar-refractivity contribution in [2.45, 2.75) is 17.9 Å². The predicted octanol–water partition coefficient (Wildman–Crippen LogP) is 5.18. The standard InChI is InChI=1S/C24H20ClN3O3S/c1-16(17-11-13-19(25)14-12-17)27-24(29)20-8-2-3-9-21(20)28-32(30,31)22-10-4-6-18-7-5-15-26-23(18)22/h2-16,28H,1H3,(H,27,29). The van der Waals surface area contributed by atoms with Crippen molar-refractivity contribution in [2.24, 2.45) is 0 Å². The molecule has 4 aromatic rings. The van der Waals surface area contributed by atoms with E-state index in [0.29, 0.717) is 15.9 Å². The number of para-hydroxylation sites is 2. The summed E-state index contributed by atoms with van der Waals surface area (Å²) in [6, 6.07) is 21.8. The highest BCUT2D eigenvalue weighted by Gasteiger charge is 2.22. The molecule has 1 atom stereocenters. The Kier molecular flexibility index (Phi) is 6.12. The van der Waals surface area contributed by atoms with Crippen LogP contribution >= 0.6 is 11.6 Å². The molecule has 1 unspecified atom stereocenters. The Hall–Kier alpha value is -3.42. The van der Waals surface area contributed by atoms with Crippen LogP contribution in [0.5, 0.6) is 0 Å². The van der Waals surface area contributed by atoms with Gasteiger partial charge in [-0.2, -0.15) is 0 Å². The van der Waals surface area contributed by atoms with Crippen LogP contribution in [0.15, 0.2) is 90.0 Å². The van der Waals surface area contributed by atoms with Gasteiger partial charge in [0.05, 0.1) is 22.8 Å². The molecule has 1 aromatic heterocycles. The predicted molar refractivity (Wildman–Crippen MR) is 126 cm³/mol. The molecule has 1 amide bonds. The van der Waals surface area contributed by atoms with Crippen LogP contribution in [0.1, 0.15) is 28.9 Å². The van der Waals surface area contributed by atoms with Gasteiger partial charge in [-0.1, -0.05) is 54.1 Å². The smallest absolute Gasteiger partial charge is 0.264 e. The molecule has 32 heavy (non-hydrogen) atoms. The van der Waals surface area contributed by atoms with E-state index in [1.165, 1.54) is 6.07 Å². The number of benzene rings is 3. The van der Waals surface area contributed by atoms with Crippen LogP contribution in [0.4, 0.5) is 5.69 Å². The lowest BCUT2D eigenvalue weighted by atomic mass is 10.1. The normalized spacial score (nSPS) is 12.3. The number of anilines is 1. The fourth-order valence-corrected chi connectivity index (χ4v) is 4.76. The Balaban J connectivity index is 1.62. The number of aromatic nitrogens is 1. The van der Waals surface area contributed by atoms with Crippen molar-refractivity contribution >= 4 is 44.1 Å². The molecule has 0 bridgehead atoms. The number of rotatable bonds is 6. The summed E-state index contributed by atoms with van der Waals surface area (Å²) in [4.78, 5) is 17.2. The van der Waals surface area contributed by atoms with E-state index in [0.717, 1.165) is 5.56 Å². The summed E-state index contributed by atoms with van der Waals surface area (Å²) in [5.41, 5.74) is 1.63. The number of sulfonamides is 1. The largest absolute Gasteiger partial charge is 0.345 e. The summed E-state index contributed by atoms with van der Waals surface area (Å²) in [6.07, 6.45) is 1.54. The number of amides is 1. The van der Waals surface area contributed by atoms with E-state index in [4.69, 9.17) is 11.6 Å². The molecule has 0 aliphatic rings. The van der Waals surface area contributed by atoms with E-state index in [1.54, 1.807) is 66.9 Å². The maximum absolute atomic E-state index is 13.2. The number of fused-ring (bicyclic) bond motifs is 1. The summed E-state index contributed by atoms with van der Waals surface area (Å²) >= 11 is 5.93. The fourth-order valence-electron chi connectivity index (χ4n) is 3.37. The third kappa shape index (κ3) is 4.59. The van der Waals surface area contributed by atoms with Crippen molar-refractivity contribution in [3.8, 4) is 0 Å². The minimum Gasteiger partial charge on any atom is -0.345 e. The lowest BCUT2D eigenvalue weighted by molar-refractivity contribution is 0.0941. The summed E-state index contributed by atoms with van der Waals surface area (Å²) < 4.78 is 28.9. The van der Waals surface area contributed by atoms with Crippen LogP contribution in [0, 0.1) is 0 Å². The van der Waals surface area contributed by atoms with Gasteiger partial charge in [0.2, 0.25) is 0 Å². The SMILES string of the molecule is CC(NC(=O)c1ccccc1NS(=O)(=O)c1cccc2cccnc12)c1ccc(Cl)cc1. The molecule has 4 rings (SSSR count). The van der Waals surface area contributed by atoms with Gasteiger partial charge in [0.25, 0.3) is 15.9 Å². The lowest BCUT2D eigenvalue weighted by Gasteiger charge is -2.17. The molecule has 8 heteroatoms. The van der Waals surface area contributed by atoms with E-state index in [9.17, 15) is 13.2 Å². The van der Waals surface area contributed by atoms with Gasteiger partial charge in [0.15, 0.2) is 0 Å². The first-order chi connectivity index (χ1) is 15.3. The Bertz CT molecular complexity index is 1380. The molecule has 0 saturated carbocycles. The first-order valence-corrected chi connectivity index (χ1v) is 11.7. The zero-order valence-electron chi connectivity index (χ0n) is 17.1. The molecule has 0 saturated heterocycles. The van der Waals surface area contributed by atoms with Gasteiger partial charge in [0.1, 0.15) is 4.90 Å². The fraction of sp³-hybridized carbons (Fsp3) is 0.0833. The lowest BCUT2D eigenvalue weighted by Crippen LogP contribution is -2.28. The van der Waals surface area contributed by atoms with Gasteiger partial charge in [-0.15, -0.1) is 0 Å². The molecule has 162 valence electrons. The minimum atomic E-state index is -3.99. The van der Waals surface area contributed by atoms with Crippen LogP contribution in [0.25, 0.3) is 10.9 Å². The van der Waals surface area contributed by atoms with Crippen LogP contribution in [-0.4, -0.2) is 19.3 Å². The Morgan fingerprint density at radius 3 is 2.44 bits per heavy atom. The van der Waals surface area contributed by atoms with E-state index < -0.39 is 15.9 Å². The number of hydrogen-bond donors (Lipinski definition) is 2. The molecule has 0 aliphatic carbocycles. The monoisotopic (exact) mass is 465 g/mol. The highest BCUT2D eigenvalue weighted by molar-refractivity contribution is 7.93. The first kappa shape index (κ1) is 21.8. The molecule has 3 aromatic carbocycles. The van der Waals surface area contributed by atoms with Gasteiger partial charge < -0.3 is 5.32 Å². The number of pyridine rings is 1. The van der Waals surface area contributed by atoms with Crippen LogP contribution in [-0.2, 0) is 10.0 Å². The van der Waals surface area contributed by atoms with Crippen molar-refractivity contribution in [3.63, 3.8) is 0 Å². The molecule has 6 nitrogen and oxygen atoms in total. The summed E-state index contributed by atoms with van der Waals surface area (Å²) in [7, 11) is -3.99. The van der Waals surface area contributed by atoms with Gasteiger partial charge >= 0.3 is 0 Å². The van der Waals surface area contributed by atoms with Crippen molar-refractivity contribution < 1.29 is 13.2 Å². The van der Waals surface area contributed by atoms with Crippen LogP contribution in [0.2, 0.25) is 5.02 Å². The summed E-state index contributed by atoms with van der Waals surface area (Å²) in [5.74, 6) is -0.401. The highest BCUT2D eigenvalue weighted by Crippen LogP contribution is 2.25. The molecule has 1 heterocycles. The molecular weight excluding hydrogens is 446 g/mol. The van der Waals surface area contributed by atoms with E-state index in [1.807, 2.05) is 19.1 Å². The first-order valence-electron chi connectivity index (χ1n) is 9.87. The number of hydrogen-bond acceptors (Lipinski definition) is 4. The Morgan fingerprint density at radius 2 is 1.66 bits per heavy atom. The average Bonchev–Trinajstić information content (AvgIpc) is 2.79. The van der Waals surface area contributed by atoms with Crippen molar-refractivity contribution in [1.82, 2.24) is 10.3 Å². The topological polar surface area (TPSA) is 88.2 Å². The molecule has 2 N–H and O–H groups in total. The van der Waals surface area contributed by atoms with Crippen LogP contribution < -0.4 is 10.0 Å². The number of halogens is 1. The number of nitrogens with one attached hydrogen (secondary N) is 2. The Morgan fingerprint density at radius 1 is 0.938 bits per heavy atom. The van der Waals surface area contributed by atoms with Gasteiger partial charge in [-0.05, 0) is 48.9 Å². The zero-order valence-corrected chi connectivity index (χ0v) is 18.7. The summed E-state index contributed by atoms with van der Waals surface area (Å²) in [6.45, 7) is 1.84. The molecule has 0 fully saturated rings. The summed E-state index contributed by atoms with van der Waals surface area (Å²) in [5, 5.41) is 4.21. The number of carbonyl (C=O) groups excluding carboxylic acids is 1. The van der Waals surface area contributed by atoms with Crippen LogP contribution in [0.3, 0.4) is 0 Å².